The normalized spacial score (nSPS) is 25.5. The number of rotatable bonds is 4. The van der Waals surface area contributed by atoms with Crippen LogP contribution in [-0.4, -0.2) is 50.8 Å². The molecule has 0 radical (unpaired) electrons. The van der Waals surface area contributed by atoms with Gasteiger partial charge in [0.15, 0.2) is 11.5 Å². The second-order valence-corrected chi connectivity index (χ2v) is 6.66. The maximum atomic E-state index is 12.2. The molecule has 8 heteroatoms. The quantitative estimate of drug-likeness (QED) is 0.537. The number of hydrogen-bond acceptors (Lipinski definition) is 7. The first kappa shape index (κ1) is 18.3. The second-order valence-electron chi connectivity index (χ2n) is 6.66. The van der Waals surface area contributed by atoms with Crippen LogP contribution in [0, 0.1) is 0 Å². The molecule has 1 aromatic rings. The van der Waals surface area contributed by atoms with Crippen molar-refractivity contribution in [3.63, 3.8) is 0 Å². The van der Waals surface area contributed by atoms with Gasteiger partial charge in [-0.05, 0) is 25.7 Å². The van der Waals surface area contributed by atoms with Crippen LogP contribution in [0.25, 0.3) is 0 Å². The first-order chi connectivity index (χ1) is 12.5. The van der Waals surface area contributed by atoms with Crippen molar-refractivity contribution in [2.24, 2.45) is 0 Å². The summed E-state index contributed by atoms with van der Waals surface area (Å²) >= 11 is 0. The molecule has 26 heavy (non-hydrogen) atoms. The molecule has 1 amide bonds. The molecule has 0 aromatic heterocycles. The summed E-state index contributed by atoms with van der Waals surface area (Å²) in [6.45, 7) is 1.45. The highest BCUT2D eigenvalue weighted by molar-refractivity contribution is 5.96. The molecule has 1 spiro atoms. The first-order valence-corrected chi connectivity index (χ1v) is 8.75. The smallest absolute Gasteiger partial charge is 0.340 e. The second kappa shape index (κ2) is 7.41. The topological polar surface area (TPSA) is 112 Å². The predicted octanol–water partition coefficient (Wildman–Crippen LogP) is 0.844. The van der Waals surface area contributed by atoms with Crippen LogP contribution >= 0.6 is 0 Å². The fraction of sp³-hybridized carbons (Fsp3) is 0.556. The van der Waals surface area contributed by atoms with E-state index in [1.54, 1.807) is 12.1 Å². The van der Waals surface area contributed by atoms with E-state index in [0.717, 1.165) is 19.4 Å². The van der Waals surface area contributed by atoms with Crippen LogP contribution in [0.5, 0.6) is 11.5 Å². The van der Waals surface area contributed by atoms with E-state index < -0.39 is 11.5 Å². The minimum atomic E-state index is -0.527. The minimum Gasteiger partial charge on any atom is -0.493 e. The van der Waals surface area contributed by atoms with Crippen molar-refractivity contribution in [3.8, 4) is 11.5 Å². The maximum absolute atomic E-state index is 12.2. The van der Waals surface area contributed by atoms with Gasteiger partial charge in [0.25, 0.3) is 0 Å². The number of amides is 1. The van der Waals surface area contributed by atoms with E-state index >= 15 is 0 Å². The van der Waals surface area contributed by atoms with Crippen molar-refractivity contribution in [1.82, 2.24) is 10.6 Å². The zero-order valence-corrected chi connectivity index (χ0v) is 15.1. The van der Waals surface area contributed by atoms with Gasteiger partial charge in [-0.2, -0.15) is 0 Å². The Balaban J connectivity index is 1.73. The Morgan fingerprint density at radius 2 is 1.92 bits per heavy atom. The molecule has 1 aliphatic carbocycles. The van der Waals surface area contributed by atoms with Gasteiger partial charge in [-0.1, -0.05) is 0 Å². The number of nitrogen functional groups attached to an aromatic ring is 1. The van der Waals surface area contributed by atoms with Gasteiger partial charge in [0.1, 0.15) is 0 Å². The number of piperazine rings is 1. The Morgan fingerprint density at radius 3 is 2.54 bits per heavy atom. The zero-order chi connectivity index (χ0) is 18.7. The Labute approximate surface area is 152 Å². The molecule has 2 aliphatic rings. The Kier molecular flexibility index (Phi) is 5.22. The van der Waals surface area contributed by atoms with Crippen molar-refractivity contribution in [2.75, 3.05) is 33.0 Å². The lowest BCUT2D eigenvalue weighted by molar-refractivity contribution is -0.131. The van der Waals surface area contributed by atoms with Gasteiger partial charge in [-0.15, -0.1) is 0 Å². The first-order valence-electron chi connectivity index (χ1n) is 8.75. The lowest BCUT2D eigenvalue weighted by atomic mass is 9.78. The number of carbonyl (C=O) groups excluding carboxylic acids is 2. The fourth-order valence-corrected chi connectivity index (χ4v) is 3.63. The van der Waals surface area contributed by atoms with Crippen molar-refractivity contribution in [2.45, 2.75) is 37.3 Å². The van der Waals surface area contributed by atoms with E-state index in [4.69, 9.17) is 19.9 Å². The predicted molar refractivity (Wildman–Crippen MR) is 95.4 cm³/mol. The van der Waals surface area contributed by atoms with Gasteiger partial charge in [0, 0.05) is 25.2 Å². The molecule has 1 heterocycles. The lowest BCUT2D eigenvalue weighted by Gasteiger charge is -2.42. The maximum Gasteiger partial charge on any atom is 0.340 e. The van der Waals surface area contributed by atoms with Gasteiger partial charge in [0.2, 0.25) is 5.91 Å². The number of nitrogens with two attached hydrogens (primary N) is 1. The third-order valence-corrected chi connectivity index (χ3v) is 5.13. The third kappa shape index (κ3) is 3.41. The Bertz CT molecular complexity index is 698. The molecular formula is C18H25N3O5. The highest BCUT2D eigenvalue weighted by atomic mass is 16.5. The Hall–Kier alpha value is -2.48. The van der Waals surface area contributed by atoms with Crippen molar-refractivity contribution >= 4 is 17.6 Å². The highest BCUT2D eigenvalue weighted by Gasteiger charge is 2.43. The number of carbonyl (C=O) groups is 2. The summed E-state index contributed by atoms with van der Waals surface area (Å²) in [6, 6.07) is 3.11. The number of esters is 1. The van der Waals surface area contributed by atoms with Gasteiger partial charge >= 0.3 is 5.97 Å². The van der Waals surface area contributed by atoms with Crippen LogP contribution in [-0.2, 0) is 9.53 Å². The van der Waals surface area contributed by atoms with Crippen LogP contribution < -0.4 is 25.8 Å². The van der Waals surface area contributed by atoms with E-state index in [2.05, 4.69) is 10.6 Å². The minimum absolute atomic E-state index is 0.0693. The van der Waals surface area contributed by atoms with Gasteiger partial charge in [0.05, 0.1) is 37.1 Å². The molecule has 3 rings (SSSR count). The number of anilines is 1. The zero-order valence-electron chi connectivity index (χ0n) is 15.1. The monoisotopic (exact) mass is 363 g/mol. The van der Waals surface area contributed by atoms with Crippen LogP contribution in [0.4, 0.5) is 5.69 Å². The summed E-state index contributed by atoms with van der Waals surface area (Å²) in [5.74, 6) is 0.453. The average Bonchev–Trinajstić information content (AvgIpc) is 2.66. The lowest BCUT2D eigenvalue weighted by Crippen LogP contribution is -2.64. The van der Waals surface area contributed by atoms with E-state index in [-0.39, 0.29) is 23.3 Å². The molecule has 1 saturated carbocycles. The van der Waals surface area contributed by atoms with E-state index in [1.165, 1.54) is 14.2 Å². The summed E-state index contributed by atoms with van der Waals surface area (Å²) in [6.07, 6.45) is 2.78. The molecule has 2 fully saturated rings. The summed E-state index contributed by atoms with van der Waals surface area (Å²) in [7, 11) is 2.82. The molecule has 1 aliphatic heterocycles. The number of methoxy groups -OCH3 is 2. The number of hydrogen-bond donors (Lipinski definition) is 3. The van der Waals surface area contributed by atoms with Crippen molar-refractivity contribution in [3.05, 3.63) is 17.7 Å². The van der Waals surface area contributed by atoms with E-state index in [0.29, 0.717) is 30.9 Å². The number of benzene rings is 1. The Morgan fingerprint density at radius 1 is 1.19 bits per heavy atom. The molecule has 1 saturated heterocycles. The van der Waals surface area contributed by atoms with Crippen LogP contribution in [0.3, 0.4) is 0 Å². The van der Waals surface area contributed by atoms with Crippen molar-refractivity contribution < 1.29 is 23.8 Å². The average molecular weight is 363 g/mol. The summed E-state index contributed by atoms with van der Waals surface area (Å²) in [4.78, 5) is 24.1. The largest absolute Gasteiger partial charge is 0.493 e. The summed E-state index contributed by atoms with van der Waals surface area (Å²) < 4.78 is 16.2. The SMILES string of the molecule is COC(=O)c1cc(OC2CCC3(CC2)NCCNC3=O)c(OC)cc1N. The number of nitrogens with one attached hydrogen (secondary N) is 2. The summed E-state index contributed by atoms with van der Waals surface area (Å²) in [5, 5.41) is 6.29. The standard InChI is InChI=1S/C18H25N3O5/c1-24-14-10-13(19)12(16(22)25-2)9-15(14)26-11-3-5-18(6-4-11)17(23)20-7-8-21-18/h9-11,21H,3-8,19H2,1-2H3,(H,20,23). The fourth-order valence-electron chi connectivity index (χ4n) is 3.63. The molecule has 0 atom stereocenters. The third-order valence-electron chi connectivity index (χ3n) is 5.13. The molecular weight excluding hydrogens is 338 g/mol. The van der Waals surface area contributed by atoms with Gasteiger partial charge < -0.3 is 30.6 Å². The molecule has 142 valence electrons. The van der Waals surface area contributed by atoms with Gasteiger partial charge in [-0.25, -0.2) is 4.79 Å². The molecule has 0 unspecified atom stereocenters. The van der Waals surface area contributed by atoms with Crippen LogP contribution in [0.15, 0.2) is 12.1 Å². The molecule has 0 bridgehead atoms. The summed E-state index contributed by atoms with van der Waals surface area (Å²) in [5.41, 5.74) is 5.92. The molecule has 8 nitrogen and oxygen atoms in total. The van der Waals surface area contributed by atoms with E-state index in [9.17, 15) is 9.59 Å². The molecule has 1 aromatic carbocycles. The van der Waals surface area contributed by atoms with Crippen molar-refractivity contribution in [1.29, 1.82) is 0 Å². The number of ether oxygens (including phenoxy) is 3. The van der Waals surface area contributed by atoms with Crippen LogP contribution in [0.2, 0.25) is 0 Å². The van der Waals surface area contributed by atoms with E-state index in [1.807, 2.05) is 0 Å². The highest BCUT2D eigenvalue weighted by Crippen LogP contribution is 2.37. The molecule has 4 N–H and O–H groups in total. The van der Waals surface area contributed by atoms with Gasteiger partial charge in [-0.3, -0.25) is 4.79 Å². The van der Waals surface area contributed by atoms with Crippen LogP contribution in [0.1, 0.15) is 36.0 Å².